The Kier molecular flexibility index (Phi) is 2.96. The monoisotopic (exact) mass is 303 g/mol. The van der Waals surface area contributed by atoms with Crippen LogP contribution in [-0.4, -0.2) is 4.98 Å². The summed E-state index contributed by atoms with van der Waals surface area (Å²) in [6, 6.07) is 11.3. The van der Waals surface area contributed by atoms with Crippen LogP contribution >= 0.6 is 0 Å². The molecule has 1 aromatic carbocycles. The molecule has 4 rings (SSSR count). The third-order valence-electron chi connectivity index (χ3n) is 5.01. The van der Waals surface area contributed by atoms with Gasteiger partial charge in [0.25, 0.3) is 0 Å². The number of nitrogens with zero attached hydrogens (tertiary/aromatic N) is 3. The highest BCUT2D eigenvalue weighted by atomic mass is 19.1. The quantitative estimate of drug-likeness (QED) is 0.849. The van der Waals surface area contributed by atoms with Crippen LogP contribution < -0.4 is 0 Å². The molecular weight excluding hydrogens is 289 g/mol. The van der Waals surface area contributed by atoms with Gasteiger partial charge >= 0.3 is 0 Å². The van der Waals surface area contributed by atoms with E-state index in [1.165, 1.54) is 6.07 Å². The summed E-state index contributed by atoms with van der Waals surface area (Å²) in [6.45, 7) is 0. The van der Waals surface area contributed by atoms with Gasteiger partial charge in [-0.15, -0.1) is 0 Å². The number of aryl methyl sites for hydroxylation is 1. The van der Waals surface area contributed by atoms with E-state index in [0.717, 1.165) is 24.1 Å². The van der Waals surface area contributed by atoms with E-state index in [0.29, 0.717) is 24.0 Å². The number of nitriles is 2. The van der Waals surface area contributed by atoms with Crippen molar-refractivity contribution in [3.63, 3.8) is 0 Å². The van der Waals surface area contributed by atoms with E-state index in [1.54, 1.807) is 12.3 Å². The minimum absolute atomic E-state index is 0.229. The van der Waals surface area contributed by atoms with Crippen LogP contribution in [0.4, 0.5) is 4.39 Å². The highest BCUT2D eigenvalue weighted by molar-refractivity contribution is 5.58. The molecule has 1 unspecified atom stereocenters. The maximum absolute atomic E-state index is 14.3. The van der Waals surface area contributed by atoms with E-state index < -0.39 is 5.41 Å². The molecule has 1 aromatic heterocycles. The minimum atomic E-state index is -0.897. The number of halogens is 1. The standard InChI is InChI=1S/C19H14FN3/c20-17-8-13(10-21)16(9-14(17)12-3-4-12)19(11-22)6-5-18-15(19)2-1-7-23-18/h1-2,7-9,12H,3-6H2. The topological polar surface area (TPSA) is 60.5 Å². The van der Waals surface area contributed by atoms with Crippen molar-refractivity contribution in [1.82, 2.24) is 4.98 Å². The Balaban J connectivity index is 1.98. The first-order chi connectivity index (χ1) is 11.2. The van der Waals surface area contributed by atoms with Crippen molar-refractivity contribution in [2.75, 3.05) is 0 Å². The van der Waals surface area contributed by atoms with E-state index in [9.17, 15) is 14.9 Å². The molecule has 3 nitrogen and oxygen atoms in total. The van der Waals surface area contributed by atoms with Gasteiger partial charge in [0.05, 0.1) is 17.7 Å². The first-order valence-corrected chi connectivity index (χ1v) is 7.79. The number of pyridine rings is 1. The highest BCUT2D eigenvalue weighted by Crippen LogP contribution is 2.47. The first kappa shape index (κ1) is 13.9. The summed E-state index contributed by atoms with van der Waals surface area (Å²) in [7, 11) is 0. The molecule has 0 bridgehead atoms. The molecule has 0 saturated heterocycles. The van der Waals surface area contributed by atoms with Crippen LogP contribution in [-0.2, 0) is 11.8 Å². The Morgan fingerprint density at radius 2 is 2.04 bits per heavy atom. The molecule has 0 N–H and O–H groups in total. The second-order valence-corrected chi connectivity index (χ2v) is 6.32. The van der Waals surface area contributed by atoms with Crippen LogP contribution in [0.1, 0.15) is 53.1 Å². The third kappa shape index (κ3) is 1.95. The predicted molar refractivity (Wildman–Crippen MR) is 82.0 cm³/mol. The first-order valence-electron chi connectivity index (χ1n) is 7.79. The highest BCUT2D eigenvalue weighted by Gasteiger charge is 2.44. The van der Waals surface area contributed by atoms with Gasteiger partial charge in [-0.1, -0.05) is 6.07 Å². The van der Waals surface area contributed by atoms with E-state index in [1.807, 2.05) is 12.1 Å². The summed E-state index contributed by atoms with van der Waals surface area (Å²) in [5.41, 5.74) is 2.39. The Bertz CT molecular complexity index is 886. The molecule has 0 amide bonds. The fraction of sp³-hybridized carbons (Fsp3) is 0.316. The lowest BCUT2D eigenvalue weighted by atomic mass is 9.74. The zero-order chi connectivity index (χ0) is 16.0. The van der Waals surface area contributed by atoms with Crippen LogP contribution in [0.25, 0.3) is 0 Å². The molecular formula is C19H14FN3. The van der Waals surface area contributed by atoms with E-state index in [-0.39, 0.29) is 17.3 Å². The Hall–Kier alpha value is -2.72. The number of benzene rings is 1. The number of hydrogen-bond acceptors (Lipinski definition) is 3. The maximum Gasteiger partial charge on any atom is 0.128 e. The number of fused-ring (bicyclic) bond motifs is 1. The average molecular weight is 303 g/mol. The lowest BCUT2D eigenvalue weighted by Gasteiger charge is -2.24. The smallest absolute Gasteiger partial charge is 0.128 e. The second-order valence-electron chi connectivity index (χ2n) is 6.32. The van der Waals surface area contributed by atoms with Crippen molar-refractivity contribution < 1.29 is 4.39 Å². The van der Waals surface area contributed by atoms with Gasteiger partial charge in [0.1, 0.15) is 11.2 Å². The lowest BCUT2D eigenvalue weighted by molar-refractivity contribution is 0.600. The number of hydrogen-bond donors (Lipinski definition) is 0. The van der Waals surface area contributed by atoms with Crippen molar-refractivity contribution in [2.45, 2.75) is 37.0 Å². The van der Waals surface area contributed by atoms with Gasteiger partial charge < -0.3 is 0 Å². The number of aromatic nitrogens is 1. The summed E-state index contributed by atoms with van der Waals surface area (Å²) in [6.07, 6.45) is 4.95. The molecule has 0 radical (unpaired) electrons. The van der Waals surface area contributed by atoms with Gasteiger partial charge in [0.15, 0.2) is 0 Å². The average Bonchev–Trinajstić information content (AvgIpc) is 3.35. The normalized spacial score (nSPS) is 22.2. The Morgan fingerprint density at radius 1 is 1.22 bits per heavy atom. The van der Waals surface area contributed by atoms with Crippen LogP contribution in [0.2, 0.25) is 0 Å². The zero-order valence-corrected chi connectivity index (χ0v) is 12.5. The van der Waals surface area contributed by atoms with Gasteiger partial charge in [-0.25, -0.2) is 4.39 Å². The van der Waals surface area contributed by atoms with Crippen molar-refractivity contribution in [3.05, 3.63) is 64.2 Å². The summed E-state index contributed by atoms with van der Waals surface area (Å²) < 4.78 is 14.3. The van der Waals surface area contributed by atoms with Gasteiger partial charge in [-0.2, -0.15) is 10.5 Å². The van der Waals surface area contributed by atoms with Crippen molar-refractivity contribution in [1.29, 1.82) is 10.5 Å². The predicted octanol–water partition coefficient (Wildman–Crippen LogP) is 3.73. The largest absolute Gasteiger partial charge is 0.261 e. The second kappa shape index (κ2) is 4.89. The fourth-order valence-corrected chi connectivity index (χ4v) is 3.67. The van der Waals surface area contributed by atoms with E-state index in [2.05, 4.69) is 17.1 Å². The lowest BCUT2D eigenvalue weighted by Crippen LogP contribution is -2.24. The maximum atomic E-state index is 14.3. The van der Waals surface area contributed by atoms with Crippen LogP contribution in [0.3, 0.4) is 0 Å². The van der Waals surface area contributed by atoms with Gasteiger partial charge in [-0.05, 0) is 66.5 Å². The summed E-state index contributed by atoms with van der Waals surface area (Å²) in [5.74, 6) is -0.0997. The summed E-state index contributed by atoms with van der Waals surface area (Å²) >= 11 is 0. The van der Waals surface area contributed by atoms with Gasteiger partial charge in [0, 0.05) is 11.9 Å². The van der Waals surface area contributed by atoms with Crippen molar-refractivity contribution in [2.24, 2.45) is 0 Å². The molecule has 1 heterocycles. The Morgan fingerprint density at radius 3 is 2.74 bits per heavy atom. The SMILES string of the molecule is N#Cc1cc(F)c(C2CC2)cc1C1(C#N)CCc2ncccc21. The molecule has 1 atom stereocenters. The molecule has 2 aliphatic carbocycles. The van der Waals surface area contributed by atoms with E-state index >= 15 is 0 Å². The minimum Gasteiger partial charge on any atom is -0.261 e. The zero-order valence-electron chi connectivity index (χ0n) is 12.5. The van der Waals surface area contributed by atoms with Crippen molar-refractivity contribution >= 4 is 0 Å². The van der Waals surface area contributed by atoms with Crippen LogP contribution in [0, 0.1) is 28.5 Å². The van der Waals surface area contributed by atoms with Gasteiger partial charge in [-0.3, -0.25) is 4.98 Å². The fourth-order valence-electron chi connectivity index (χ4n) is 3.67. The summed E-state index contributed by atoms with van der Waals surface area (Å²) in [5, 5.41) is 19.4. The van der Waals surface area contributed by atoms with Crippen molar-refractivity contribution in [3.8, 4) is 12.1 Å². The summed E-state index contributed by atoms with van der Waals surface area (Å²) in [4.78, 5) is 4.36. The molecule has 23 heavy (non-hydrogen) atoms. The molecule has 0 aliphatic heterocycles. The molecule has 1 saturated carbocycles. The number of rotatable bonds is 2. The molecule has 4 heteroatoms. The van der Waals surface area contributed by atoms with Crippen LogP contribution in [0.15, 0.2) is 30.5 Å². The van der Waals surface area contributed by atoms with Crippen LogP contribution in [0.5, 0.6) is 0 Å². The van der Waals surface area contributed by atoms with Gasteiger partial charge in [0.2, 0.25) is 0 Å². The molecule has 2 aromatic rings. The molecule has 1 fully saturated rings. The molecule has 0 spiro atoms. The molecule has 2 aliphatic rings. The Labute approximate surface area is 134 Å². The molecule has 112 valence electrons. The van der Waals surface area contributed by atoms with E-state index in [4.69, 9.17) is 0 Å². The third-order valence-corrected chi connectivity index (χ3v) is 5.01.